The third-order valence-corrected chi connectivity index (χ3v) is 4.29. The summed E-state index contributed by atoms with van der Waals surface area (Å²) in [6, 6.07) is 7.93. The Morgan fingerprint density at radius 3 is 2.55 bits per heavy atom. The normalized spacial score (nSPS) is 12.4. The van der Waals surface area contributed by atoms with Gasteiger partial charge in [-0.2, -0.15) is 0 Å². The molecule has 5 nitrogen and oxygen atoms in total. The van der Waals surface area contributed by atoms with Gasteiger partial charge in [-0.25, -0.2) is 4.79 Å². The first-order chi connectivity index (χ1) is 10.5. The maximum Gasteiger partial charge on any atom is 0.407 e. The minimum atomic E-state index is -0.871. The molecule has 0 saturated heterocycles. The maximum absolute atomic E-state index is 11.1. The zero-order valence-corrected chi connectivity index (χ0v) is 15.4. The number of halogens is 1. The molecule has 0 aliphatic carbocycles. The van der Waals surface area contributed by atoms with Gasteiger partial charge in [-0.3, -0.25) is 0 Å². The summed E-state index contributed by atoms with van der Waals surface area (Å²) < 4.78 is 12.3. The molecule has 1 N–H and O–H groups in total. The van der Waals surface area contributed by atoms with Crippen LogP contribution in [0.15, 0.2) is 24.3 Å². The molecule has 0 aromatic heterocycles. The lowest BCUT2D eigenvalue weighted by atomic mass is 10.2. The van der Waals surface area contributed by atoms with E-state index in [0.717, 1.165) is 22.0 Å². The van der Waals surface area contributed by atoms with E-state index in [1.54, 1.807) is 7.11 Å². The Morgan fingerprint density at radius 1 is 1.32 bits per heavy atom. The van der Waals surface area contributed by atoms with Crippen LogP contribution in [0.2, 0.25) is 0 Å². The summed E-state index contributed by atoms with van der Waals surface area (Å²) in [5, 5.41) is 9.08. The molecule has 0 heterocycles. The molecule has 1 aromatic rings. The summed E-state index contributed by atoms with van der Waals surface area (Å²) in [6.45, 7) is 4.82. The number of nitrogens with zero attached hydrogens (tertiary/aromatic N) is 1. The fourth-order valence-electron chi connectivity index (χ4n) is 2.10. The van der Waals surface area contributed by atoms with Gasteiger partial charge in [-0.15, -0.1) is 0 Å². The topological polar surface area (TPSA) is 59.0 Å². The number of unbranched alkanes of at least 4 members (excludes halogenated alkanes) is 1. The average molecular weight is 421 g/mol. The molecular weight excluding hydrogens is 397 g/mol. The van der Waals surface area contributed by atoms with Gasteiger partial charge in [0, 0.05) is 28.8 Å². The van der Waals surface area contributed by atoms with Crippen LogP contribution in [0.5, 0.6) is 0 Å². The van der Waals surface area contributed by atoms with E-state index in [9.17, 15) is 4.79 Å². The third-order valence-electron chi connectivity index (χ3n) is 3.30. The standard InChI is InChI=1S/C16H24INO4/c1-12(2)18(16(19)20)10-6-7-11-22-15(21-3)13-8-4-5-9-14(13)17/h4-5,8-9,12,15H,6-7,10-11H2,1-3H3,(H,19,20)/t15-/m0/s1. The van der Waals surface area contributed by atoms with E-state index in [4.69, 9.17) is 14.6 Å². The van der Waals surface area contributed by atoms with Crippen LogP contribution in [0.3, 0.4) is 0 Å². The first-order valence-electron chi connectivity index (χ1n) is 7.35. The summed E-state index contributed by atoms with van der Waals surface area (Å²) >= 11 is 2.26. The van der Waals surface area contributed by atoms with Crippen LogP contribution in [0.4, 0.5) is 4.79 Å². The van der Waals surface area contributed by atoms with Gasteiger partial charge in [-0.05, 0) is 55.3 Å². The summed E-state index contributed by atoms with van der Waals surface area (Å²) in [5.74, 6) is 0. The van der Waals surface area contributed by atoms with Gasteiger partial charge in [0.15, 0.2) is 6.29 Å². The number of hydrogen-bond acceptors (Lipinski definition) is 3. The van der Waals surface area contributed by atoms with Crippen molar-refractivity contribution in [3.63, 3.8) is 0 Å². The first kappa shape index (κ1) is 19.2. The Balaban J connectivity index is 2.37. The van der Waals surface area contributed by atoms with Crippen molar-refractivity contribution >= 4 is 28.7 Å². The summed E-state index contributed by atoms with van der Waals surface area (Å²) in [5.41, 5.74) is 1.01. The van der Waals surface area contributed by atoms with Gasteiger partial charge in [-0.1, -0.05) is 18.2 Å². The molecule has 1 atom stereocenters. The molecule has 0 radical (unpaired) electrons. The van der Waals surface area contributed by atoms with Crippen molar-refractivity contribution in [3.05, 3.63) is 33.4 Å². The number of ether oxygens (including phenoxy) is 2. The first-order valence-corrected chi connectivity index (χ1v) is 8.43. The van der Waals surface area contributed by atoms with Gasteiger partial charge in [0.1, 0.15) is 0 Å². The number of carbonyl (C=O) groups is 1. The molecule has 0 bridgehead atoms. The number of amides is 1. The Bertz CT molecular complexity index is 467. The molecular formula is C16H24INO4. The molecule has 0 aliphatic rings. The van der Waals surface area contributed by atoms with E-state index in [-0.39, 0.29) is 12.3 Å². The molecule has 0 spiro atoms. The highest BCUT2D eigenvalue weighted by molar-refractivity contribution is 14.1. The highest BCUT2D eigenvalue weighted by Gasteiger charge is 2.16. The fourth-order valence-corrected chi connectivity index (χ4v) is 2.74. The predicted molar refractivity (Wildman–Crippen MR) is 94.0 cm³/mol. The second kappa shape index (κ2) is 10.0. The van der Waals surface area contributed by atoms with Crippen LogP contribution < -0.4 is 0 Å². The maximum atomic E-state index is 11.1. The van der Waals surface area contributed by atoms with Crippen LogP contribution in [0.1, 0.15) is 38.5 Å². The van der Waals surface area contributed by atoms with Crippen molar-refractivity contribution in [2.24, 2.45) is 0 Å². The average Bonchev–Trinajstić information content (AvgIpc) is 2.47. The largest absolute Gasteiger partial charge is 0.465 e. The molecule has 1 amide bonds. The molecule has 22 heavy (non-hydrogen) atoms. The predicted octanol–water partition coefficient (Wildman–Crippen LogP) is 4.12. The highest BCUT2D eigenvalue weighted by Crippen LogP contribution is 2.23. The van der Waals surface area contributed by atoms with E-state index >= 15 is 0 Å². The minimum absolute atomic E-state index is 0.00367. The quantitative estimate of drug-likeness (QED) is 0.370. The summed E-state index contributed by atoms with van der Waals surface area (Å²) in [4.78, 5) is 12.5. The van der Waals surface area contributed by atoms with Gasteiger partial charge in [0.05, 0.1) is 6.61 Å². The summed E-state index contributed by atoms with van der Waals surface area (Å²) in [7, 11) is 1.62. The van der Waals surface area contributed by atoms with Gasteiger partial charge >= 0.3 is 6.09 Å². The van der Waals surface area contributed by atoms with Crippen molar-refractivity contribution in [1.29, 1.82) is 0 Å². The third kappa shape index (κ3) is 6.10. The SMILES string of the molecule is CO[C@@H](OCCCCN(C(=O)O)C(C)C)c1ccccc1I. The van der Waals surface area contributed by atoms with E-state index in [0.29, 0.717) is 13.2 Å². The Kier molecular flexibility index (Phi) is 8.74. The van der Waals surface area contributed by atoms with E-state index in [2.05, 4.69) is 22.6 Å². The number of hydrogen-bond donors (Lipinski definition) is 1. The number of benzene rings is 1. The monoisotopic (exact) mass is 421 g/mol. The van der Waals surface area contributed by atoms with Gasteiger partial charge < -0.3 is 19.5 Å². The molecule has 0 fully saturated rings. The van der Waals surface area contributed by atoms with Crippen molar-refractivity contribution in [3.8, 4) is 0 Å². The van der Waals surface area contributed by atoms with Crippen LogP contribution >= 0.6 is 22.6 Å². The zero-order chi connectivity index (χ0) is 16.5. The van der Waals surface area contributed by atoms with Crippen molar-refractivity contribution in [2.45, 2.75) is 39.0 Å². The van der Waals surface area contributed by atoms with E-state index in [1.807, 2.05) is 38.1 Å². The lowest BCUT2D eigenvalue weighted by molar-refractivity contribution is -0.129. The molecule has 0 saturated carbocycles. The van der Waals surface area contributed by atoms with E-state index < -0.39 is 6.09 Å². The number of carboxylic acid groups (broad SMARTS) is 1. The van der Waals surface area contributed by atoms with Gasteiger partial charge in [0.25, 0.3) is 0 Å². The molecule has 1 aromatic carbocycles. The van der Waals surface area contributed by atoms with Crippen LogP contribution in [0, 0.1) is 3.57 Å². The minimum Gasteiger partial charge on any atom is -0.465 e. The number of rotatable bonds is 9. The summed E-state index contributed by atoms with van der Waals surface area (Å²) in [6.07, 6.45) is 0.310. The Morgan fingerprint density at radius 2 is 2.00 bits per heavy atom. The van der Waals surface area contributed by atoms with Crippen LogP contribution in [-0.4, -0.2) is 42.4 Å². The van der Waals surface area contributed by atoms with Crippen LogP contribution in [0.25, 0.3) is 0 Å². The molecule has 6 heteroatoms. The Labute approximate surface area is 145 Å². The highest BCUT2D eigenvalue weighted by atomic mass is 127. The van der Waals surface area contributed by atoms with Crippen molar-refractivity contribution < 1.29 is 19.4 Å². The van der Waals surface area contributed by atoms with E-state index in [1.165, 1.54) is 4.90 Å². The second-order valence-electron chi connectivity index (χ2n) is 5.24. The lowest BCUT2D eigenvalue weighted by Gasteiger charge is -2.23. The fraction of sp³-hybridized carbons (Fsp3) is 0.562. The molecule has 0 aliphatic heterocycles. The Hall–Kier alpha value is -0.860. The van der Waals surface area contributed by atoms with Crippen molar-refractivity contribution in [1.82, 2.24) is 4.90 Å². The smallest absolute Gasteiger partial charge is 0.407 e. The van der Waals surface area contributed by atoms with Gasteiger partial charge in [0.2, 0.25) is 0 Å². The van der Waals surface area contributed by atoms with Crippen LogP contribution in [-0.2, 0) is 9.47 Å². The van der Waals surface area contributed by atoms with Crippen molar-refractivity contribution in [2.75, 3.05) is 20.3 Å². The zero-order valence-electron chi connectivity index (χ0n) is 13.3. The molecule has 1 rings (SSSR count). The number of methoxy groups -OCH3 is 1. The molecule has 124 valence electrons. The molecule has 0 unspecified atom stereocenters. The second-order valence-corrected chi connectivity index (χ2v) is 6.40. The lowest BCUT2D eigenvalue weighted by Crippen LogP contribution is -2.36.